The number of rotatable bonds is 4. The van der Waals surface area contributed by atoms with Crippen LogP contribution in [0.2, 0.25) is 0 Å². The highest BCUT2D eigenvalue weighted by atomic mass is 16.4. The van der Waals surface area contributed by atoms with Gasteiger partial charge in [0.15, 0.2) is 0 Å². The molecule has 0 aliphatic heterocycles. The zero-order chi connectivity index (χ0) is 11.4. The number of aryl methyl sites for hydroxylation is 1. The molecule has 0 aromatic heterocycles. The monoisotopic (exact) mass is 208 g/mol. The number of carboxylic acids is 1. The number of aliphatic carboxylic acids is 1. The highest BCUT2D eigenvalue weighted by Crippen LogP contribution is 2.17. The first-order chi connectivity index (χ1) is 7.02. The van der Waals surface area contributed by atoms with Crippen molar-refractivity contribution in [1.82, 2.24) is 0 Å². The lowest BCUT2D eigenvalue weighted by Crippen LogP contribution is -2.41. The molecule has 0 radical (unpaired) electrons. The fraction of sp³-hybridized carbons (Fsp3) is 0.364. The van der Waals surface area contributed by atoms with E-state index in [2.05, 4.69) is 0 Å². The van der Waals surface area contributed by atoms with Crippen molar-refractivity contribution in [2.75, 3.05) is 18.5 Å². The van der Waals surface area contributed by atoms with E-state index < -0.39 is 12.0 Å². The normalized spacial score (nSPS) is 12.2. The number of para-hydroxylation sites is 1. The van der Waals surface area contributed by atoms with E-state index in [0.717, 1.165) is 11.3 Å². The van der Waals surface area contributed by atoms with Gasteiger partial charge < -0.3 is 15.7 Å². The summed E-state index contributed by atoms with van der Waals surface area (Å²) in [7, 11) is 1.84. The summed E-state index contributed by atoms with van der Waals surface area (Å²) in [5.74, 6) is -0.976. The van der Waals surface area contributed by atoms with Gasteiger partial charge in [-0.3, -0.25) is 4.79 Å². The minimum Gasteiger partial charge on any atom is -0.480 e. The third-order valence-corrected chi connectivity index (χ3v) is 2.31. The topological polar surface area (TPSA) is 66.6 Å². The number of carboxylic acid groups (broad SMARTS) is 1. The molecule has 1 rings (SSSR count). The molecule has 0 amide bonds. The van der Waals surface area contributed by atoms with Gasteiger partial charge in [-0.15, -0.1) is 0 Å². The Labute approximate surface area is 89.3 Å². The van der Waals surface area contributed by atoms with Crippen LogP contribution in [-0.4, -0.2) is 30.7 Å². The zero-order valence-electron chi connectivity index (χ0n) is 8.97. The van der Waals surface area contributed by atoms with Crippen LogP contribution < -0.4 is 10.6 Å². The molecule has 1 aromatic carbocycles. The Morgan fingerprint density at radius 2 is 2.13 bits per heavy atom. The van der Waals surface area contributed by atoms with Gasteiger partial charge in [-0.1, -0.05) is 18.2 Å². The number of likely N-dealkylation sites (N-methyl/N-ethyl adjacent to an activating group) is 1. The van der Waals surface area contributed by atoms with E-state index in [1.807, 2.05) is 43.1 Å². The van der Waals surface area contributed by atoms with E-state index >= 15 is 0 Å². The molecule has 0 heterocycles. The van der Waals surface area contributed by atoms with Crippen molar-refractivity contribution in [2.24, 2.45) is 5.73 Å². The largest absolute Gasteiger partial charge is 0.480 e. The molecule has 1 atom stereocenters. The maximum atomic E-state index is 10.6. The highest BCUT2D eigenvalue weighted by molar-refractivity contribution is 5.74. The van der Waals surface area contributed by atoms with Gasteiger partial charge in [-0.25, -0.2) is 0 Å². The first kappa shape index (κ1) is 11.5. The minimum absolute atomic E-state index is 0.306. The summed E-state index contributed by atoms with van der Waals surface area (Å²) in [6.07, 6.45) is 0. The Bertz CT molecular complexity index is 352. The SMILES string of the molecule is Cc1ccccc1N(C)CC(N)C(=O)O. The van der Waals surface area contributed by atoms with E-state index in [1.54, 1.807) is 0 Å². The molecule has 0 saturated carbocycles. The number of nitrogens with two attached hydrogens (primary N) is 1. The summed E-state index contributed by atoms with van der Waals surface area (Å²) in [5, 5.41) is 8.70. The lowest BCUT2D eigenvalue weighted by atomic mass is 10.1. The molecule has 0 aliphatic carbocycles. The maximum Gasteiger partial charge on any atom is 0.322 e. The van der Waals surface area contributed by atoms with Crippen molar-refractivity contribution in [3.05, 3.63) is 29.8 Å². The molecule has 0 saturated heterocycles. The van der Waals surface area contributed by atoms with Gasteiger partial charge >= 0.3 is 5.97 Å². The lowest BCUT2D eigenvalue weighted by Gasteiger charge is -2.23. The molecule has 3 N–H and O–H groups in total. The van der Waals surface area contributed by atoms with E-state index in [1.165, 1.54) is 0 Å². The van der Waals surface area contributed by atoms with Crippen LogP contribution in [0, 0.1) is 6.92 Å². The van der Waals surface area contributed by atoms with Gasteiger partial charge in [0.2, 0.25) is 0 Å². The summed E-state index contributed by atoms with van der Waals surface area (Å²) in [6, 6.07) is 6.95. The second-order valence-electron chi connectivity index (χ2n) is 3.61. The van der Waals surface area contributed by atoms with Crippen LogP contribution in [-0.2, 0) is 4.79 Å². The van der Waals surface area contributed by atoms with Crippen LogP contribution >= 0.6 is 0 Å². The zero-order valence-corrected chi connectivity index (χ0v) is 8.97. The summed E-state index contributed by atoms with van der Waals surface area (Å²) >= 11 is 0. The van der Waals surface area contributed by atoms with Crippen LogP contribution in [0.25, 0.3) is 0 Å². The third-order valence-electron chi connectivity index (χ3n) is 2.31. The highest BCUT2D eigenvalue weighted by Gasteiger charge is 2.14. The first-order valence-corrected chi connectivity index (χ1v) is 4.77. The number of hydrogen-bond donors (Lipinski definition) is 2. The van der Waals surface area contributed by atoms with Crippen LogP contribution in [0.4, 0.5) is 5.69 Å². The van der Waals surface area contributed by atoms with Crippen molar-refractivity contribution in [2.45, 2.75) is 13.0 Å². The number of nitrogens with zero attached hydrogens (tertiary/aromatic N) is 1. The quantitative estimate of drug-likeness (QED) is 0.769. The van der Waals surface area contributed by atoms with Crippen molar-refractivity contribution < 1.29 is 9.90 Å². The van der Waals surface area contributed by atoms with Gasteiger partial charge in [-0.2, -0.15) is 0 Å². The molecular formula is C11H16N2O2. The predicted molar refractivity (Wildman–Crippen MR) is 60.1 cm³/mol. The molecule has 1 unspecified atom stereocenters. The minimum atomic E-state index is -0.976. The molecule has 82 valence electrons. The first-order valence-electron chi connectivity index (χ1n) is 4.77. The Kier molecular flexibility index (Phi) is 3.68. The average molecular weight is 208 g/mol. The molecule has 0 aliphatic rings. The van der Waals surface area contributed by atoms with E-state index in [9.17, 15) is 4.79 Å². The molecule has 0 bridgehead atoms. The Hall–Kier alpha value is -1.55. The molecule has 15 heavy (non-hydrogen) atoms. The van der Waals surface area contributed by atoms with Gasteiger partial charge in [0.25, 0.3) is 0 Å². The molecular weight excluding hydrogens is 192 g/mol. The van der Waals surface area contributed by atoms with E-state index in [0.29, 0.717) is 6.54 Å². The van der Waals surface area contributed by atoms with Crippen molar-refractivity contribution in [1.29, 1.82) is 0 Å². The van der Waals surface area contributed by atoms with Gasteiger partial charge in [0.1, 0.15) is 6.04 Å². The lowest BCUT2D eigenvalue weighted by molar-refractivity contribution is -0.138. The Balaban J connectivity index is 2.73. The van der Waals surface area contributed by atoms with Crippen molar-refractivity contribution in [3.8, 4) is 0 Å². The number of carbonyl (C=O) groups is 1. The summed E-state index contributed by atoms with van der Waals surface area (Å²) < 4.78 is 0. The van der Waals surface area contributed by atoms with E-state index in [4.69, 9.17) is 10.8 Å². The Morgan fingerprint density at radius 1 is 1.53 bits per heavy atom. The third kappa shape index (κ3) is 2.95. The van der Waals surface area contributed by atoms with Crippen LogP contribution in [0.15, 0.2) is 24.3 Å². The van der Waals surface area contributed by atoms with Gasteiger partial charge in [0.05, 0.1) is 0 Å². The van der Waals surface area contributed by atoms with E-state index in [-0.39, 0.29) is 0 Å². The van der Waals surface area contributed by atoms with Crippen LogP contribution in [0.5, 0.6) is 0 Å². The summed E-state index contributed by atoms with van der Waals surface area (Å²) in [4.78, 5) is 12.5. The molecule has 4 nitrogen and oxygen atoms in total. The smallest absolute Gasteiger partial charge is 0.322 e. The number of hydrogen-bond acceptors (Lipinski definition) is 3. The summed E-state index contributed by atoms with van der Waals surface area (Å²) in [6.45, 7) is 2.29. The average Bonchev–Trinajstić information content (AvgIpc) is 2.18. The van der Waals surface area contributed by atoms with Crippen LogP contribution in [0.3, 0.4) is 0 Å². The second kappa shape index (κ2) is 4.79. The van der Waals surface area contributed by atoms with Gasteiger partial charge in [0, 0.05) is 19.3 Å². The maximum absolute atomic E-state index is 10.6. The Morgan fingerprint density at radius 3 is 2.67 bits per heavy atom. The van der Waals surface area contributed by atoms with Crippen molar-refractivity contribution in [3.63, 3.8) is 0 Å². The summed E-state index contributed by atoms with van der Waals surface area (Å²) in [5.41, 5.74) is 7.58. The number of anilines is 1. The molecule has 0 spiro atoms. The standard InChI is InChI=1S/C11H16N2O2/c1-8-5-3-4-6-10(8)13(2)7-9(12)11(14)15/h3-6,9H,7,12H2,1-2H3,(H,14,15). The number of benzene rings is 1. The molecule has 4 heteroatoms. The molecule has 0 fully saturated rings. The molecule has 1 aromatic rings. The predicted octanol–water partition coefficient (Wildman–Crippen LogP) is 0.843. The van der Waals surface area contributed by atoms with Gasteiger partial charge in [-0.05, 0) is 18.6 Å². The fourth-order valence-electron chi connectivity index (χ4n) is 1.46. The van der Waals surface area contributed by atoms with Crippen molar-refractivity contribution >= 4 is 11.7 Å². The second-order valence-corrected chi connectivity index (χ2v) is 3.61. The van der Waals surface area contributed by atoms with Crippen LogP contribution in [0.1, 0.15) is 5.56 Å². The fourth-order valence-corrected chi connectivity index (χ4v) is 1.46.